The number of piperidine rings is 1. The molecule has 1 fully saturated rings. The number of rotatable bonds is 2. The Hall–Kier alpha value is -2.25. The van der Waals surface area contributed by atoms with Crippen LogP contribution >= 0.6 is 0 Å². The third kappa shape index (κ3) is 2.73. The van der Waals surface area contributed by atoms with Gasteiger partial charge in [0.1, 0.15) is 5.69 Å². The molecule has 0 spiro atoms. The molecule has 0 bridgehead atoms. The number of carbonyl (C=O) groups excluding carboxylic acids is 1. The highest BCUT2D eigenvalue weighted by Gasteiger charge is 2.41. The van der Waals surface area contributed by atoms with Crippen molar-refractivity contribution >= 4 is 11.6 Å². The van der Waals surface area contributed by atoms with Gasteiger partial charge in [-0.1, -0.05) is 0 Å². The van der Waals surface area contributed by atoms with Gasteiger partial charge in [-0.05, 0) is 31.4 Å². The summed E-state index contributed by atoms with van der Waals surface area (Å²) < 4.78 is 46.3. The first-order valence-corrected chi connectivity index (χ1v) is 7.35. The molecule has 124 valence electrons. The van der Waals surface area contributed by atoms with Crippen molar-refractivity contribution in [2.24, 2.45) is 0 Å². The van der Waals surface area contributed by atoms with E-state index in [1.165, 1.54) is 34.7 Å². The van der Waals surface area contributed by atoms with Crippen LogP contribution < -0.4 is 4.74 Å². The summed E-state index contributed by atoms with van der Waals surface area (Å²) in [4.78, 5) is 17.8. The van der Waals surface area contributed by atoms with Crippen LogP contribution in [-0.4, -0.2) is 40.4 Å². The number of fused-ring (bicyclic) bond motifs is 1. The van der Waals surface area contributed by atoms with Gasteiger partial charge in [0, 0.05) is 19.3 Å². The average molecular weight is 327 g/mol. The first-order valence-electron chi connectivity index (χ1n) is 7.35. The molecule has 5 nitrogen and oxygen atoms in total. The molecule has 0 radical (unpaired) electrons. The maximum Gasteiger partial charge on any atom is 0.435 e. The second-order valence-corrected chi connectivity index (χ2v) is 5.43. The van der Waals surface area contributed by atoms with Crippen LogP contribution in [0.4, 0.5) is 13.2 Å². The number of amides is 1. The molecule has 0 N–H and O–H groups in total. The third-order valence-corrected chi connectivity index (χ3v) is 3.95. The highest BCUT2D eigenvalue weighted by atomic mass is 19.4. The first kappa shape index (κ1) is 15.6. The van der Waals surface area contributed by atoms with Crippen LogP contribution in [0.15, 0.2) is 18.3 Å². The molecule has 1 saturated heterocycles. The molecule has 0 saturated carbocycles. The van der Waals surface area contributed by atoms with E-state index in [2.05, 4.69) is 4.98 Å². The number of carbonyl (C=O) groups is 1. The lowest BCUT2D eigenvalue weighted by atomic mass is 10.1. The summed E-state index contributed by atoms with van der Waals surface area (Å²) in [6.07, 6.45) is -0.730. The number of imidazole rings is 1. The number of aromatic nitrogens is 2. The highest BCUT2D eigenvalue weighted by molar-refractivity contribution is 5.95. The number of methoxy groups -OCH3 is 1. The number of alkyl halides is 3. The lowest BCUT2D eigenvalue weighted by Gasteiger charge is -2.26. The van der Waals surface area contributed by atoms with Crippen molar-refractivity contribution in [2.75, 3.05) is 20.2 Å². The lowest BCUT2D eigenvalue weighted by molar-refractivity contribution is -0.141. The molecule has 3 rings (SSSR count). The Labute approximate surface area is 130 Å². The molecule has 1 aliphatic rings. The van der Waals surface area contributed by atoms with Gasteiger partial charge in [0.25, 0.3) is 5.91 Å². The van der Waals surface area contributed by atoms with Gasteiger partial charge in [0.05, 0.1) is 7.11 Å². The monoisotopic (exact) mass is 327 g/mol. The molecule has 0 atom stereocenters. The van der Waals surface area contributed by atoms with Gasteiger partial charge in [0.15, 0.2) is 17.1 Å². The Bertz CT molecular complexity index is 733. The van der Waals surface area contributed by atoms with Crippen molar-refractivity contribution in [1.29, 1.82) is 0 Å². The molecule has 2 aromatic rings. The molecule has 3 heterocycles. The summed E-state index contributed by atoms with van der Waals surface area (Å²) in [6.45, 7) is 0.931. The fourth-order valence-electron chi connectivity index (χ4n) is 2.85. The summed E-state index contributed by atoms with van der Waals surface area (Å²) in [5, 5.41) is 0. The minimum absolute atomic E-state index is 0.0114. The van der Waals surface area contributed by atoms with Crippen molar-refractivity contribution in [3.63, 3.8) is 0 Å². The predicted octanol–water partition coefficient (Wildman–Crippen LogP) is 2.99. The molecule has 23 heavy (non-hydrogen) atoms. The van der Waals surface area contributed by atoms with E-state index < -0.39 is 23.5 Å². The molecular formula is C15H16F3N3O2. The zero-order chi connectivity index (χ0) is 16.6. The largest absolute Gasteiger partial charge is 0.493 e. The molecule has 0 aliphatic carbocycles. The van der Waals surface area contributed by atoms with E-state index in [0.717, 1.165) is 19.3 Å². The number of pyridine rings is 1. The molecule has 8 heteroatoms. The van der Waals surface area contributed by atoms with E-state index in [1.807, 2.05) is 0 Å². The van der Waals surface area contributed by atoms with E-state index in [0.29, 0.717) is 13.1 Å². The molecule has 0 aromatic carbocycles. The average Bonchev–Trinajstić information content (AvgIpc) is 2.94. The van der Waals surface area contributed by atoms with Gasteiger partial charge >= 0.3 is 6.18 Å². The van der Waals surface area contributed by atoms with Crippen LogP contribution in [0.1, 0.15) is 35.4 Å². The summed E-state index contributed by atoms with van der Waals surface area (Å²) >= 11 is 0. The van der Waals surface area contributed by atoms with E-state index in [4.69, 9.17) is 4.74 Å². The lowest BCUT2D eigenvalue weighted by Crippen LogP contribution is -2.37. The molecule has 0 unspecified atom stereocenters. The third-order valence-electron chi connectivity index (χ3n) is 3.95. The Morgan fingerprint density at radius 2 is 1.96 bits per heavy atom. The normalized spacial score (nSPS) is 15.9. The second kappa shape index (κ2) is 5.75. The zero-order valence-electron chi connectivity index (χ0n) is 12.6. The Balaban J connectivity index is 2.18. The topological polar surface area (TPSA) is 46.8 Å². The van der Waals surface area contributed by atoms with Gasteiger partial charge in [0.2, 0.25) is 0 Å². The minimum atomic E-state index is -4.71. The van der Waals surface area contributed by atoms with Gasteiger partial charge < -0.3 is 9.64 Å². The zero-order valence-corrected chi connectivity index (χ0v) is 12.6. The fourth-order valence-corrected chi connectivity index (χ4v) is 2.85. The molecule has 2 aromatic heterocycles. The van der Waals surface area contributed by atoms with Crippen LogP contribution in [0.5, 0.6) is 5.75 Å². The Morgan fingerprint density at radius 1 is 1.26 bits per heavy atom. The van der Waals surface area contributed by atoms with Crippen molar-refractivity contribution in [3.05, 3.63) is 29.7 Å². The summed E-state index contributed by atoms with van der Waals surface area (Å²) in [5.74, 6) is -0.450. The van der Waals surface area contributed by atoms with E-state index >= 15 is 0 Å². The van der Waals surface area contributed by atoms with Crippen molar-refractivity contribution in [3.8, 4) is 5.75 Å². The van der Waals surface area contributed by atoms with Crippen LogP contribution in [-0.2, 0) is 6.18 Å². The second-order valence-electron chi connectivity index (χ2n) is 5.43. The summed E-state index contributed by atoms with van der Waals surface area (Å²) in [5.41, 5.74) is -1.63. The van der Waals surface area contributed by atoms with Crippen LogP contribution in [0.25, 0.3) is 5.65 Å². The summed E-state index contributed by atoms with van der Waals surface area (Å²) in [7, 11) is 1.35. The van der Waals surface area contributed by atoms with E-state index in [-0.39, 0.29) is 11.4 Å². The highest BCUT2D eigenvalue weighted by Crippen LogP contribution is 2.34. The Kier molecular flexibility index (Phi) is 3.91. The SMILES string of the molecule is COc1cccn2c(C(=O)N3CCCCC3)c(C(F)(F)F)nc12. The van der Waals surface area contributed by atoms with Crippen LogP contribution in [0.2, 0.25) is 0 Å². The number of nitrogens with zero attached hydrogens (tertiary/aromatic N) is 3. The van der Waals surface area contributed by atoms with E-state index in [9.17, 15) is 18.0 Å². The summed E-state index contributed by atoms with van der Waals surface area (Å²) in [6, 6.07) is 3.04. The van der Waals surface area contributed by atoms with Crippen molar-refractivity contribution < 1.29 is 22.7 Å². The number of halogens is 3. The molecular weight excluding hydrogens is 311 g/mol. The fraction of sp³-hybridized carbons (Fsp3) is 0.467. The van der Waals surface area contributed by atoms with Gasteiger partial charge in [-0.25, -0.2) is 4.98 Å². The first-order chi connectivity index (χ1) is 10.9. The maximum absolute atomic E-state index is 13.4. The smallest absolute Gasteiger partial charge is 0.435 e. The quantitative estimate of drug-likeness (QED) is 0.852. The van der Waals surface area contributed by atoms with E-state index in [1.54, 1.807) is 0 Å². The number of hydrogen-bond donors (Lipinski definition) is 0. The number of ether oxygens (including phenoxy) is 1. The standard InChI is InChI=1S/C15H16F3N3O2/c1-23-10-6-5-9-21-11(12(15(16,17)18)19-13(10)21)14(22)20-7-3-2-4-8-20/h5-6,9H,2-4,7-8H2,1H3. The van der Waals surface area contributed by atoms with Crippen LogP contribution in [0.3, 0.4) is 0 Å². The van der Waals surface area contributed by atoms with Gasteiger partial charge in [-0.15, -0.1) is 0 Å². The minimum Gasteiger partial charge on any atom is -0.493 e. The predicted molar refractivity (Wildman–Crippen MR) is 76.5 cm³/mol. The number of likely N-dealkylation sites (tertiary alicyclic amines) is 1. The molecule has 1 aliphatic heterocycles. The number of hydrogen-bond acceptors (Lipinski definition) is 3. The maximum atomic E-state index is 13.4. The Morgan fingerprint density at radius 3 is 2.57 bits per heavy atom. The van der Waals surface area contributed by atoms with Crippen LogP contribution in [0, 0.1) is 0 Å². The van der Waals surface area contributed by atoms with Crippen molar-refractivity contribution in [1.82, 2.24) is 14.3 Å². The van der Waals surface area contributed by atoms with Crippen molar-refractivity contribution in [2.45, 2.75) is 25.4 Å². The van der Waals surface area contributed by atoms with Gasteiger partial charge in [-0.3, -0.25) is 9.20 Å². The molecule has 1 amide bonds. The van der Waals surface area contributed by atoms with Gasteiger partial charge in [-0.2, -0.15) is 13.2 Å².